The average Bonchev–Trinajstić information content (AvgIpc) is 3.19. The summed E-state index contributed by atoms with van der Waals surface area (Å²) in [5, 5.41) is 7.62. The first-order valence-electron chi connectivity index (χ1n) is 8.20. The molecule has 0 radical (unpaired) electrons. The molecule has 2 fully saturated rings. The molecular weight excluding hydrogens is 353 g/mol. The van der Waals surface area contributed by atoms with Crippen LogP contribution in [0.4, 0.5) is 0 Å². The summed E-state index contributed by atoms with van der Waals surface area (Å²) >= 11 is 1.61. The Hall–Kier alpha value is -0.360. The van der Waals surface area contributed by atoms with Crippen molar-refractivity contribution < 1.29 is 4.79 Å². The van der Waals surface area contributed by atoms with E-state index in [2.05, 4.69) is 15.6 Å². The van der Waals surface area contributed by atoms with Crippen LogP contribution in [0, 0.1) is 12.8 Å². The number of hydrogen-bond donors (Lipinski definition) is 2. The minimum absolute atomic E-state index is 0. The Balaban J connectivity index is 0.00000132. The maximum Gasteiger partial charge on any atom is 0.263 e. The number of carbonyl (C=O) groups is 1. The van der Waals surface area contributed by atoms with Crippen LogP contribution in [-0.4, -0.2) is 30.5 Å². The summed E-state index contributed by atoms with van der Waals surface area (Å²) in [5.41, 5.74) is 0.905. The van der Waals surface area contributed by atoms with E-state index in [0.717, 1.165) is 42.5 Å². The maximum atomic E-state index is 12.3. The van der Waals surface area contributed by atoms with Gasteiger partial charge in [-0.3, -0.25) is 4.79 Å². The van der Waals surface area contributed by atoms with Crippen LogP contribution in [0.25, 0.3) is 0 Å². The lowest BCUT2D eigenvalue weighted by Gasteiger charge is -2.08. The first-order chi connectivity index (χ1) is 10.2. The van der Waals surface area contributed by atoms with E-state index < -0.39 is 0 Å². The molecule has 2 aliphatic rings. The quantitative estimate of drug-likeness (QED) is 0.819. The largest absolute Gasteiger partial charge is 0.351 e. The van der Waals surface area contributed by atoms with Crippen molar-refractivity contribution in [1.82, 2.24) is 15.6 Å². The second kappa shape index (κ2) is 9.82. The van der Waals surface area contributed by atoms with Crippen LogP contribution >= 0.6 is 36.2 Å². The molecule has 1 aromatic heterocycles. The van der Waals surface area contributed by atoms with Gasteiger partial charge in [-0.1, -0.05) is 12.8 Å². The van der Waals surface area contributed by atoms with Gasteiger partial charge in [0.1, 0.15) is 4.88 Å². The van der Waals surface area contributed by atoms with E-state index in [1.54, 1.807) is 11.3 Å². The van der Waals surface area contributed by atoms with Gasteiger partial charge in [0.05, 0.1) is 10.7 Å². The van der Waals surface area contributed by atoms with Gasteiger partial charge in [0.2, 0.25) is 0 Å². The Kier molecular flexibility index (Phi) is 8.83. The van der Waals surface area contributed by atoms with Gasteiger partial charge in [0.15, 0.2) is 0 Å². The van der Waals surface area contributed by atoms with Gasteiger partial charge in [-0.25, -0.2) is 4.98 Å². The zero-order valence-corrected chi connectivity index (χ0v) is 16.0. The third-order valence-corrected chi connectivity index (χ3v) is 6.04. The monoisotopic (exact) mass is 379 g/mol. The molecule has 1 saturated carbocycles. The van der Waals surface area contributed by atoms with Crippen LogP contribution in [0.3, 0.4) is 0 Å². The van der Waals surface area contributed by atoms with Crippen molar-refractivity contribution in [2.45, 2.75) is 51.4 Å². The first-order valence-corrected chi connectivity index (χ1v) is 9.02. The van der Waals surface area contributed by atoms with Gasteiger partial charge in [-0.2, -0.15) is 0 Å². The summed E-state index contributed by atoms with van der Waals surface area (Å²) in [6, 6.07) is 0. The SMILES string of the molecule is Cc1nc(C2CCCC2)sc1C(=O)NCCC1CCNC1.Cl.Cl. The second-order valence-corrected chi connectivity index (χ2v) is 7.38. The molecule has 0 bridgehead atoms. The highest BCUT2D eigenvalue weighted by atomic mass is 35.5. The van der Waals surface area contributed by atoms with E-state index in [1.807, 2.05) is 6.92 Å². The number of amides is 1. The first kappa shape index (κ1) is 20.7. The molecule has 7 heteroatoms. The molecule has 1 aliphatic carbocycles. The zero-order chi connectivity index (χ0) is 14.7. The molecular formula is C16H27Cl2N3OS. The van der Waals surface area contributed by atoms with Gasteiger partial charge in [-0.05, 0) is 51.6 Å². The summed E-state index contributed by atoms with van der Waals surface area (Å²) in [4.78, 5) is 17.8. The summed E-state index contributed by atoms with van der Waals surface area (Å²) in [7, 11) is 0. The molecule has 2 heterocycles. The predicted octanol–water partition coefficient (Wildman–Crippen LogP) is 3.68. The molecule has 4 nitrogen and oxygen atoms in total. The van der Waals surface area contributed by atoms with Crippen LogP contribution in [0.5, 0.6) is 0 Å². The molecule has 1 aliphatic heterocycles. The predicted molar refractivity (Wildman–Crippen MR) is 100 cm³/mol. The fourth-order valence-corrected chi connectivity index (χ4v) is 4.56. The van der Waals surface area contributed by atoms with Crippen LogP contribution in [0.1, 0.15) is 64.8 Å². The van der Waals surface area contributed by atoms with Gasteiger partial charge in [0, 0.05) is 12.5 Å². The summed E-state index contributed by atoms with van der Waals surface area (Å²) in [5.74, 6) is 1.39. The van der Waals surface area contributed by atoms with Crippen molar-refractivity contribution >= 4 is 42.1 Å². The number of carbonyl (C=O) groups excluding carboxylic acids is 1. The Bertz CT molecular complexity index is 498. The highest BCUT2D eigenvalue weighted by molar-refractivity contribution is 7.13. The number of rotatable bonds is 5. The summed E-state index contributed by atoms with van der Waals surface area (Å²) in [6.45, 7) is 4.96. The average molecular weight is 380 g/mol. The molecule has 0 spiro atoms. The van der Waals surface area contributed by atoms with Crippen molar-refractivity contribution in [3.63, 3.8) is 0 Å². The molecule has 2 N–H and O–H groups in total. The number of aromatic nitrogens is 1. The Labute approximate surface area is 155 Å². The summed E-state index contributed by atoms with van der Waals surface area (Å²) < 4.78 is 0. The third-order valence-electron chi connectivity index (χ3n) is 4.72. The molecule has 1 amide bonds. The molecule has 1 unspecified atom stereocenters. The van der Waals surface area contributed by atoms with E-state index in [9.17, 15) is 4.79 Å². The van der Waals surface area contributed by atoms with Gasteiger partial charge in [-0.15, -0.1) is 36.2 Å². The standard InChI is InChI=1S/C16H25N3OS.2ClH/c1-11-14(21-16(19-11)13-4-2-3-5-13)15(20)18-9-7-12-6-8-17-10-12;;/h12-13,17H,2-10H2,1H3,(H,18,20);2*1H. The highest BCUT2D eigenvalue weighted by Gasteiger charge is 2.23. The van der Waals surface area contributed by atoms with Gasteiger partial charge in [0.25, 0.3) is 5.91 Å². The van der Waals surface area contributed by atoms with Crippen LogP contribution < -0.4 is 10.6 Å². The number of halogens is 2. The normalized spacial score (nSPS) is 20.8. The van der Waals surface area contributed by atoms with Crippen LogP contribution in [0.15, 0.2) is 0 Å². The van der Waals surface area contributed by atoms with Gasteiger partial charge >= 0.3 is 0 Å². The molecule has 132 valence electrons. The van der Waals surface area contributed by atoms with Crippen molar-refractivity contribution in [2.24, 2.45) is 5.92 Å². The number of aryl methyl sites for hydroxylation is 1. The smallest absolute Gasteiger partial charge is 0.263 e. The molecule has 23 heavy (non-hydrogen) atoms. The van der Waals surface area contributed by atoms with Crippen molar-refractivity contribution in [3.8, 4) is 0 Å². The zero-order valence-electron chi connectivity index (χ0n) is 13.6. The van der Waals surface area contributed by atoms with Crippen LogP contribution in [0.2, 0.25) is 0 Å². The number of thiazole rings is 1. The molecule has 0 aromatic carbocycles. The molecule has 3 rings (SSSR count). The van der Waals surface area contributed by atoms with E-state index in [0.29, 0.717) is 5.92 Å². The van der Waals surface area contributed by atoms with E-state index in [4.69, 9.17) is 0 Å². The van der Waals surface area contributed by atoms with Crippen molar-refractivity contribution in [1.29, 1.82) is 0 Å². The maximum absolute atomic E-state index is 12.3. The van der Waals surface area contributed by atoms with Crippen LogP contribution in [-0.2, 0) is 0 Å². The lowest BCUT2D eigenvalue weighted by Crippen LogP contribution is -2.26. The van der Waals surface area contributed by atoms with Crippen molar-refractivity contribution in [3.05, 3.63) is 15.6 Å². The highest BCUT2D eigenvalue weighted by Crippen LogP contribution is 2.37. The minimum atomic E-state index is 0. The topological polar surface area (TPSA) is 54.0 Å². The minimum Gasteiger partial charge on any atom is -0.351 e. The lowest BCUT2D eigenvalue weighted by molar-refractivity contribution is 0.0955. The number of hydrogen-bond acceptors (Lipinski definition) is 4. The lowest BCUT2D eigenvalue weighted by atomic mass is 10.1. The molecule has 1 saturated heterocycles. The van der Waals surface area contributed by atoms with Gasteiger partial charge < -0.3 is 10.6 Å². The number of nitrogens with zero attached hydrogens (tertiary/aromatic N) is 1. The van der Waals surface area contributed by atoms with Crippen molar-refractivity contribution in [2.75, 3.05) is 19.6 Å². The van der Waals surface area contributed by atoms with E-state index >= 15 is 0 Å². The van der Waals surface area contributed by atoms with E-state index in [1.165, 1.54) is 37.1 Å². The molecule has 1 aromatic rings. The summed E-state index contributed by atoms with van der Waals surface area (Å²) in [6.07, 6.45) is 7.40. The van der Waals surface area contributed by atoms with E-state index in [-0.39, 0.29) is 30.7 Å². The second-order valence-electron chi connectivity index (χ2n) is 6.35. The Morgan fingerprint density at radius 3 is 2.70 bits per heavy atom. The number of nitrogens with one attached hydrogen (secondary N) is 2. The molecule has 1 atom stereocenters. The Morgan fingerprint density at radius 1 is 1.30 bits per heavy atom. The Morgan fingerprint density at radius 2 is 2.04 bits per heavy atom. The third kappa shape index (κ3) is 5.31. The fourth-order valence-electron chi connectivity index (χ4n) is 3.41. The fraction of sp³-hybridized carbons (Fsp3) is 0.750.